The SMILES string of the molecule is CC(C)N(CCO)C(=O)c1cc(CN2CCOCC2)on1. The number of hydrogen-bond acceptors (Lipinski definition) is 6. The predicted octanol–water partition coefficient (Wildman–Crippen LogP) is 0.350. The fourth-order valence-corrected chi connectivity index (χ4v) is 2.32. The van der Waals surface area contributed by atoms with Gasteiger partial charge >= 0.3 is 0 Å². The van der Waals surface area contributed by atoms with Gasteiger partial charge in [0.05, 0.1) is 26.4 Å². The number of hydrogen-bond donors (Lipinski definition) is 1. The lowest BCUT2D eigenvalue weighted by molar-refractivity contribution is 0.0305. The van der Waals surface area contributed by atoms with Crippen LogP contribution in [0, 0.1) is 0 Å². The minimum atomic E-state index is -0.212. The normalized spacial score (nSPS) is 16.4. The molecular formula is C14H23N3O4. The van der Waals surface area contributed by atoms with Crippen molar-refractivity contribution < 1.29 is 19.2 Å². The predicted molar refractivity (Wildman–Crippen MR) is 75.9 cm³/mol. The molecule has 2 rings (SSSR count). The maximum Gasteiger partial charge on any atom is 0.276 e. The molecule has 1 amide bonds. The van der Waals surface area contributed by atoms with Gasteiger partial charge in [-0.05, 0) is 13.8 Å². The Labute approximate surface area is 124 Å². The number of carbonyl (C=O) groups is 1. The van der Waals surface area contributed by atoms with Gasteiger partial charge in [-0.1, -0.05) is 5.16 Å². The summed E-state index contributed by atoms with van der Waals surface area (Å²) in [6, 6.07) is 1.69. The van der Waals surface area contributed by atoms with Gasteiger partial charge in [0.1, 0.15) is 0 Å². The van der Waals surface area contributed by atoms with Crippen LogP contribution in [0.1, 0.15) is 30.1 Å². The highest BCUT2D eigenvalue weighted by atomic mass is 16.5. The molecule has 1 fully saturated rings. The van der Waals surface area contributed by atoms with Gasteiger partial charge in [0.15, 0.2) is 11.5 Å². The Morgan fingerprint density at radius 2 is 2.19 bits per heavy atom. The van der Waals surface area contributed by atoms with Crippen molar-refractivity contribution in [1.82, 2.24) is 15.0 Å². The van der Waals surface area contributed by atoms with Gasteiger partial charge in [-0.2, -0.15) is 0 Å². The third-order valence-electron chi connectivity index (χ3n) is 3.49. The van der Waals surface area contributed by atoms with Crippen LogP contribution in [0.5, 0.6) is 0 Å². The summed E-state index contributed by atoms with van der Waals surface area (Å²) in [4.78, 5) is 16.1. The number of morpholine rings is 1. The Morgan fingerprint density at radius 1 is 1.48 bits per heavy atom. The fraction of sp³-hybridized carbons (Fsp3) is 0.714. The standard InChI is InChI=1S/C14H23N3O4/c1-11(2)17(3-6-18)14(19)13-9-12(21-15-13)10-16-4-7-20-8-5-16/h9,11,18H,3-8,10H2,1-2H3. The molecule has 0 radical (unpaired) electrons. The summed E-state index contributed by atoms with van der Waals surface area (Å²) in [6.07, 6.45) is 0. The van der Waals surface area contributed by atoms with E-state index in [1.165, 1.54) is 0 Å². The second-order valence-electron chi connectivity index (χ2n) is 5.38. The van der Waals surface area contributed by atoms with E-state index in [0.717, 1.165) is 26.3 Å². The van der Waals surface area contributed by atoms with Crippen molar-refractivity contribution in [2.24, 2.45) is 0 Å². The summed E-state index contributed by atoms with van der Waals surface area (Å²) in [5.74, 6) is 0.462. The number of amides is 1. The van der Waals surface area contributed by atoms with Gasteiger partial charge < -0.3 is 19.3 Å². The maximum atomic E-state index is 12.3. The molecule has 0 aliphatic carbocycles. The van der Waals surface area contributed by atoms with Crippen molar-refractivity contribution in [2.75, 3.05) is 39.5 Å². The zero-order valence-corrected chi connectivity index (χ0v) is 12.6. The summed E-state index contributed by atoms with van der Waals surface area (Å²) < 4.78 is 10.5. The van der Waals surface area contributed by atoms with E-state index < -0.39 is 0 Å². The molecule has 1 saturated heterocycles. The van der Waals surface area contributed by atoms with Crippen molar-refractivity contribution in [3.8, 4) is 0 Å². The minimum Gasteiger partial charge on any atom is -0.395 e. The molecule has 0 saturated carbocycles. The number of ether oxygens (including phenoxy) is 1. The largest absolute Gasteiger partial charge is 0.395 e. The van der Waals surface area contributed by atoms with E-state index in [1.54, 1.807) is 11.0 Å². The Balaban J connectivity index is 1.99. The van der Waals surface area contributed by atoms with E-state index in [4.69, 9.17) is 14.4 Å². The van der Waals surface area contributed by atoms with Crippen LogP contribution >= 0.6 is 0 Å². The fourth-order valence-electron chi connectivity index (χ4n) is 2.32. The second-order valence-corrected chi connectivity index (χ2v) is 5.38. The molecule has 1 aromatic rings. The van der Waals surface area contributed by atoms with Crippen LogP contribution in [-0.4, -0.2) is 71.5 Å². The topological polar surface area (TPSA) is 79.0 Å². The Hall–Kier alpha value is -1.44. The zero-order chi connectivity index (χ0) is 15.2. The molecule has 118 valence electrons. The van der Waals surface area contributed by atoms with Crippen LogP contribution in [0.25, 0.3) is 0 Å². The Kier molecular flexibility index (Phi) is 5.72. The molecule has 0 spiro atoms. The molecule has 0 unspecified atom stereocenters. The van der Waals surface area contributed by atoms with E-state index in [1.807, 2.05) is 13.8 Å². The van der Waals surface area contributed by atoms with Crippen LogP contribution in [0.4, 0.5) is 0 Å². The number of carbonyl (C=O) groups excluding carboxylic acids is 1. The average Bonchev–Trinajstić information content (AvgIpc) is 2.93. The number of rotatable bonds is 6. The third-order valence-corrected chi connectivity index (χ3v) is 3.49. The van der Waals surface area contributed by atoms with Crippen molar-refractivity contribution in [2.45, 2.75) is 26.4 Å². The van der Waals surface area contributed by atoms with Gasteiger partial charge in [0.2, 0.25) is 0 Å². The molecular weight excluding hydrogens is 274 g/mol. The summed E-state index contributed by atoms with van der Waals surface area (Å²) >= 11 is 0. The van der Waals surface area contributed by atoms with Crippen LogP contribution in [0.3, 0.4) is 0 Å². The second kappa shape index (κ2) is 7.53. The maximum absolute atomic E-state index is 12.3. The molecule has 7 heteroatoms. The molecule has 21 heavy (non-hydrogen) atoms. The monoisotopic (exact) mass is 297 g/mol. The summed E-state index contributed by atoms with van der Waals surface area (Å²) in [6.45, 7) is 7.81. The van der Waals surface area contributed by atoms with E-state index >= 15 is 0 Å². The minimum absolute atomic E-state index is 0.00374. The zero-order valence-electron chi connectivity index (χ0n) is 12.6. The quantitative estimate of drug-likeness (QED) is 0.816. The van der Waals surface area contributed by atoms with Gasteiger partial charge in [0.25, 0.3) is 5.91 Å². The van der Waals surface area contributed by atoms with Crippen molar-refractivity contribution in [3.05, 3.63) is 17.5 Å². The van der Waals surface area contributed by atoms with Crippen LogP contribution in [0.2, 0.25) is 0 Å². The van der Waals surface area contributed by atoms with E-state index in [-0.39, 0.29) is 18.6 Å². The first kappa shape index (κ1) is 15.9. The number of aliphatic hydroxyl groups is 1. The van der Waals surface area contributed by atoms with Crippen molar-refractivity contribution in [3.63, 3.8) is 0 Å². The van der Waals surface area contributed by atoms with Crippen LogP contribution in [-0.2, 0) is 11.3 Å². The molecule has 2 heterocycles. The van der Waals surface area contributed by atoms with Crippen molar-refractivity contribution in [1.29, 1.82) is 0 Å². The molecule has 0 aromatic carbocycles. The molecule has 1 N–H and O–H groups in total. The number of aliphatic hydroxyl groups excluding tert-OH is 1. The average molecular weight is 297 g/mol. The molecule has 1 aromatic heterocycles. The molecule has 0 bridgehead atoms. The summed E-state index contributed by atoms with van der Waals surface area (Å²) in [7, 11) is 0. The van der Waals surface area contributed by atoms with Crippen LogP contribution < -0.4 is 0 Å². The first-order valence-corrected chi connectivity index (χ1v) is 7.29. The van der Waals surface area contributed by atoms with Gasteiger partial charge in [-0.15, -0.1) is 0 Å². The first-order chi connectivity index (χ1) is 10.1. The van der Waals surface area contributed by atoms with Gasteiger partial charge in [0, 0.05) is 31.7 Å². The highest BCUT2D eigenvalue weighted by Gasteiger charge is 2.22. The lowest BCUT2D eigenvalue weighted by atomic mass is 10.2. The van der Waals surface area contributed by atoms with Gasteiger partial charge in [-0.3, -0.25) is 9.69 Å². The molecule has 7 nitrogen and oxygen atoms in total. The molecule has 1 aliphatic rings. The van der Waals surface area contributed by atoms with E-state index in [2.05, 4.69) is 10.1 Å². The van der Waals surface area contributed by atoms with Crippen LogP contribution in [0.15, 0.2) is 10.6 Å². The van der Waals surface area contributed by atoms with Gasteiger partial charge in [-0.25, -0.2) is 0 Å². The lowest BCUT2D eigenvalue weighted by Crippen LogP contribution is -2.39. The lowest BCUT2D eigenvalue weighted by Gasteiger charge is -2.25. The number of nitrogens with zero attached hydrogens (tertiary/aromatic N) is 3. The highest BCUT2D eigenvalue weighted by Crippen LogP contribution is 2.12. The van der Waals surface area contributed by atoms with Crippen molar-refractivity contribution >= 4 is 5.91 Å². The molecule has 0 atom stereocenters. The third kappa shape index (κ3) is 4.26. The Morgan fingerprint density at radius 3 is 2.81 bits per heavy atom. The summed E-state index contributed by atoms with van der Waals surface area (Å²) in [5.41, 5.74) is 0.292. The Bertz CT molecular complexity index is 455. The highest BCUT2D eigenvalue weighted by molar-refractivity contribution is 5.92. The number of aromatic nitrogens is 1. The smallest absolute Gasteiger partial charge is 0.276 e. The van der Waals surface area contributed by atoms with E-state index in [9.17, 15) is 4.79 Å². The summed E-state index contributed by atoms with van der Waals surface area (Å²) in [5, 5.41) is 12.9. The van der Waals surface area contributed by atoms with E-state index in [0.29, 0.717) is 24.5 Å². The first-order valence-electron chi connectivity index (χ1n) is 7.29. The molecule has 1 aliphatic heterocycles.